The molecule has 2 rings (SSSR count). The van der Waals surface area contributed by atoms with Crippen LogP contribution in [0.2, 0.25) is 0 Å². The Kier molecular flexibility index (Phi) is 3.44. The van der Waals surface area contributed by atoms with Gasteiger partial charge in [-0.1, -0.05) is 12.1 Å². The van der Waals surface area contributed by atoms with E-state index in [0.29, 0.717) is 10.4 Å². The van der Waals surface area contributed by atoms with Crippen molar-refractivity contribution < 1.29 is 8.42 Å². The predicted molar refractivity (Wildman–Crippen MR) is 72.2 cm³/mol. The second-order valence-corrected chi connectivity index (χ2v) is 7.18. The third kappa shape index (κ3) is 2.56. The Bertz CT molecular complexity index is 742. The summed E-state index contributed by atoms with van der Waals surface area (Å²) in [6.07, 6.45) is 0. The van der Waals surface area contributed by atoms with Crippen LogP contribution in [0, 0.1) is 18.3 Å². The molecule has 3 nitrogen and oxygen atoms in total. The van der Waals surface area contributed by atoms with Gasteiger partial charge in [0.1, 0.15) is 10.9 Å². The fourth-order valence-electron chi connectivity index (χ4n) is 1.59. The molecule has 1 aromatic heterocycles. The summed E-state index contributed by atoms with van der Waals surface area (Å²) >= 11 is 1.32. The minimum atomic E-state index is -3.75. The van der Waals surface area contributed by atoms with Gasteiger partial charge in [0.2, 0.25) is 0 Å². The number of aryl methyl sites for hydroxylation is 1. The summed E-state index contributed by atoms with van der Waals surface area (Å²) in [6.45, 7) is 1.69. The van der Waals surface area contributed by atoms with Gasteiger partial charge in [-0.3, -0.25) is 0 Å². The highest BCUT2D eigenvalue weighted by Gasteiger charge is 2.14. The second-order valence-electron chi connectivity index (χ2n) is 3.73. The molecule has 0 aliphatic rings. The van der Waals surface area contributed by atoms with Crippen LogP contribution in [0.4, 0.5) is 0 Å². The Morgan fingerprint density at radius 2 is 2.00 bits per heavy atom. The summed E-state index contributed by atoms with van der Waals surface area (Å²) in [5.41, 5.74) is 2.15. The largest absolute Gasteiger partial charge is 0.261 e. The van der Waals surface area contributed by atoms with Crippen LogP contribution in [-0.2, 0) is 9.05 Å². The van der Waals surface area contributed by atoms with E-state index in [-0.39, 0.29) is 4.90 Å². The van der Waals surface area contributed by atoms with Crippen LogP contribution in [-0.4, -0.2) is 8.42 Å². The van der Waals surface area contributed by atoms with Crippen LogP contribution >= 0.6 is 22.0 Å². The van der Waals surface area contributed by atoms with Gasteiger partial charge >= 0.3 is 0 Å². The molecule has 0 unspecified atom stereocenters. The Hall–Kier alpha value is -1.35. The van der Waals surface area contributed by atoms with Crippen molar-refractivity contribution in [2.45, 2.75) is 11.8 Å². The molecular formula is C12H8ClNO2S2. The third-order valence-electron chi connectivity index (χ3n) is 2.49. The molecule has 18 heavy (non-hydrogen) atoms. The van der Waals surface area contributed by atoms with Crippen molar-refractivity contribution in [3.05, 3.63) is 40.1 Å². The molecule has 0 saturated heterocycles. The van der Waals surface area contributed by atoms with E-state index in [2.05, 4.69) is 0 Å². The first-order valence-corrected chi connectivity index (χ1v) is 8.15. The molecule has 0 aliphatic heterocycles. The molecule has 0 fully saturated rings. The molecule has 1 heterocycles. The lowest BCUT2D eigenvalue weighted by molar-refractivity contribution is 0.609. The smallest absolute Gasteiger partial charge is 0.207 e. The lowest BCUT2D eigenvalue weighted by atomic mass is 10.1. The van der Waals surface area contributed by atoms with E-state index in [9.17, 15) is 8.42 Å². The highest BCUT2D eigenvalue weighted by atomic mass is 35.7. The SMILES string of the molecule is Cc1ccc(-c2csc(C#N)c2)cc1S(=O)(=O)Cl. The zero-order chi connectivity index (χ0) is 13.3. The van der Waals surface area contributed by atoms with Gasteiger partial charge in [0, 0.05) is 10.7 Å². The molecular weight excluding hydrogens is 290 g/mol. The van der Waals surface area contributed by atoms with Crippen molar-refractivity contribution in [3.63, 3.8) is 0 Å². The van der Waals surface area contributed by atoms with E-state index in [1.807, 2.05) is 17.5 Å². The molecule has 6 heteroatoms. The molecule has 0 atom stereocenters. The van der Waals surface area contributed by atoms with E-state index in [0.717, 1.165) is 11.1 Å². The summed E-state index contributed by atoms with van der Waals surface area (Å²) in [4.78, 5) is 0.687. The van der Waals surface area contributed by atoms with E-state index in [1.165, 1.54) is 17.4 Å². The lowest BCUT2D eigenvalue weighted by Gasteiger charge is -2.04. The van der Waals surface area contributed by atoms with Crippen LogP contribution in [0.25, 0.3) is 11.1 Å². The van der Waals surface area contributed by atoms with Gasteiger partial charge in [-0.2, -0.15) is 5.26 Å². The fourth-order valence-corrected chi connectivity index (χ4v) is 3.51. The van der Waals surface area contributed by atoms with Gasteiger partial charge in [-0.15, -0.1) is 11.3 Å². The molecule has 0 amide bonds. The average Bonchev–Trinajstić information content (AvgIpc) is 2.76. The molecule has 0 aliphatic carbocycles. The van der Waals surface area contributed by atoms with Crippen LogP contribution in [0.5, 0.6) is 0 Å². The van der Waals surface area contributed by atoms with Crippen LogP contribution in [0.3, 0.4) is 0 Å². The Balaban J connectivity index is 2.58. The first-order valence-electron chi connectivity index (χ1n) is 4.96. The fraction of sp³-hybridized carbons (Fsp3) is 0.0833. The third-order valence-corrected chi connectivity index (χ3v) is 4.79. The van der Waals surface area contributed by atoms with Crippen LogP contribution < -0.4 is 0 Å². The maximum absolute atomic E-state index is 11.4. The molecule has 0 N–H and O–H groups in total. The standard InChI is InChI=1S/C12H8ClNO2S2/c1-8-2-3-9(5-12(8)18(13,15)16)10-4-11(6-14)17-7-10/h2-5,7H,1H3. The van der Waals surface area contributed by atoms with Gasteiger partial charge in [0.15, 0.2) is 0 Å². The highest BCUT2D eigenvalue weighted by molar-refractivity contribution is 8.13. The summed E-state index contributed by atoms with van der Waals surface area (Å²) in [7, 11) is 1.63. The van der Waals surface area contributed by atoms with Gasteiger partial charge < -0.3 is 0 Å². The van der Waals surface area contributed by atoms with Gasteiger partial charge in [-0.05, 0) is 41.1 Å². The normalized spacial score (nSPS) is 11.2. The highest BCUT2D eigenvalue weighted by Crippen LogP contribution is 2.29. The average molecular weight is 298 g/mol. The van der Waals surface area contributed by atoms with Gasteiger partial charge in [0.25, 0.3) is 9.05 Å². The summed E-state index contributed by atoms with van der Waals surface area (Å²) in [5, 5.41) is 10.6. The number of hydrogen-bond acceptors (Lipinski definition) is 4. The Morgan fingerprint density at radius 1 is 1.28 bits per heavy atom. The van der Waals surface area contributed by atoms with Crippen molar-refractivity contribution in [1.82, 2.24) is 0 Å². The lowest BCUT2D eigenvalue weighted by Crippen LogP contribution is -1.94. The number of thiophene rings is 1. The van der Waals surface area contributed by atoms with Gasteiger partial charge in [0.05, 0.1) is 4.90 Å². The topological polar surface area (TPSA) is 57.9 Å². The van der Waals surface area contributed by atoms with Crippen LogP contribution in [0.1, 0.15) is 10.4 Å². The van der Waals surface area contributed by atoms with Crippen molar-refractivity contribution in [2.24, 2.45) is 0 Å². The molecule has 0 bridgehead atoms. The van der Waals surface area contributed by atoms with Crippen molar-refractivity contribution in [1.29, 1.82) is 5.26 Å². The molecule has 92 valence electrons. The first-order chi connectivity index (χ1) is 8.41. The summed E-state index contributed by atoms with van der Waals surface area (Å²) in [5.74, 6) is 0. The molecule has 0 radical (unpaired) electrons. The molecule has 0 spiro atoms. The predicted octanol–water partition coefficient (Wildman–Crippen LogP) is 3.52. The summed E-state index contributed by atoms with van der Waals surface area (Å²) in [6, 6.07) is 8.81. The zero-order valence-corrected chi connectivity index (χ0v) is 11.7. The maximum atomic E-state index is 11.4. The first kappa shape index (κ1) is 13.1. The second kappa shape index (κ2) is 4.73. The number of rotatable bonds is 2. The monoisotopic (exact) mass is 297 g/mol. The summed E-state index contributed by atoms with van der Waals surface area (Å²) < 4.78 is 22.8. The van der Waals surface area contributed by atoms with E-state index in [4.69, 9.17) is 15.9 Å². The zero-order valence-electron chi connectivity index (χ0n) is 9.34. The molecule has 2 aromatic rings. The number of nitrogens with zero attached hydrogens (tertiary/aromatic N) is 1. The number of nitriles is 1. The van der Waals surface area contributed by atoms with E-state index in [1.54, 1.807) is 19.1 Å². The minimum Gasteiger partial charge on any atom is -0.207 e. The van der Waals surface area contributed by atoms with Crippen LogP contribution in [0.15, 0.2) is 34.5 Å². The number of benzene rings is 1. The quantitative estimate of drug-likeness (QED) is 0.797. The number of hydrogen-bond donors (Lipinski definition) is 0. The Labute approximate surface area is 114 Å². The Morgan fingerprint density at radius 3 is 2.56 bits per heavy atom. The van der Waals surface area contributed by atoms with Crippen molar-refractivity contribution in [3.8, 4) is 17.2 Å². The minimum absolute atomic E-state index is 0.103. The van der Waals surface area contributed by atoms with Gasteiger partial charge in [-0.25, -0.2) is 8.42 Å². The van der Waals surface area contributed by atoms with E-state index < -0.39 is 9.05 Å². The molecule has 1 aromatic carbocycles. The number of halogens is 1. The van der Waals surface area contributed by atoms with Crippen molar-refractivity contribution in [2.75, 3.05) is 0 Å². The van der Waals surface area contributed by atoms with E-state index >= 15 is 0 Å². The molecule has 0 saturated carbocycles. The van der Waals surface area contributed by atoms with Crippen molar-refractivity contribution >= 4 is 31.1 Å². The maximum Gasteiger partial charge on any atom is 0.261 e.